The summed E-state index contributed by atoms with van der Waals surface area (Å²) in [5.74, 6) is 0. The van der Waals surface area contributed by atoms with Crippen molar-refractivity contribution in [3.05, 3.63) is 71.8 Å². The van der Waals surface area contributed by atoms with Gasteiger partial charge in [-0.1, -0.05) is 60.7 Å². The second kappa shape index (κ2) is 6.73. The van der Waals surface area contributed by atoms with Crippen molar-refractivity contribution >= 4 is 8.15 Å². The molecule has 1 heterocycles. The van der Waals surface area contributed by atoms with Gasteiger partial charge in [0.05, 0.1) is 6.10 Å². The minimum Gasteiger partial charge on any atom is -0.355 e. The Balaban J connectivity index is 1.89. The maximum atomic E-state index is 6.41. The minimum atomic E-state index is -0.464. The summed E-state index contributed by atoms with van der Waals surface area (Å²) < 4.78 is 6.41. The molecule has 1 nitrogen and oxygen atoms in total. The second-order valence-corrected chi connectivity index (χ2v) is 8.12. The van der Waals surface area contributed by atoms with E-state index in [2.05, 4.69) is 74.5 Å². The number of hydrogen-bond acceptors (Lipinski definition) is 1. The van der Waals surface area contributed by atoms with E-state index < -0.39 is 8.15 Å². The van der Waals surface area contributed by atoms with Gasteiger partial charge in [0.1, 0.15) is 0 Å². The quantitative estimate of drug-likeness (QED) is 0.621. The van der Waals surface area contributed by atoms with E-state index in [0.717, 1.165) is 0 Å². The molecule has 0 radical (unpaired) electrons. The second-order valence-electron chi connectivity index (χ2n) is 5.94. The summed E-state index contributed by atoms with van der Waals surface area (Å²) in [6.07, 6.45) is 2.77. The lowest BCUT2D eigenvalue weighted by molar-refractivity contribution is 0.266. The fourth-order valence-electron chi connectivity index (χ4n) is 3.16. The van der Waals surface area contributed by atoms with Crippen LogP contribution in [0.25, 0.3) is 0 Å². The number of hydrogen-bond donors (Lipinski definition) is 0. The summed E-state index contributed by atoms with van der Waals surface area (Å²) in [6, 6.07) is 21.8. The monoisotopic (exact) mass is 298 g/mol. The molecule has 0 aromatic heterocycles. The van der Waals surface area contributed by atoms with Crippen LogP contribution in [0.1, 0.15) is 49.1 Å². The Morgan fingerprint density at radius 3 is 1.62 bits per heavy atom. The molecule has 1 saturated heterocycles. The molecule has 0 spiro atoms. The lowest BCUT2D eigenvalue weighted by atomic mass is 10.0. The van der Waals surface area contributed by atoms with Gasteiger partial charge >= 0.3 is 0 Å². The van der Waals surface area contributed by atoms with Gasteiger partial charge in [0, 0.05) is 19.5 Å². The minimum absolute atomic E-state index is 0.298. The molecule has 2 atom stereocenters. The zero-order valence-corrected chi connectivity index (χ0v) is 13.7. The van der Waals surface area contributed by atoms with Crippen molar-refractivity contribution in [1.82, 2.24) is 0 Å². The number of rotatable bonds is 4. The lowest BCUT2D eigenvalue weighted by Crippen LogP contribution is -2.04. The van der Waals surface area contributed by atoms with Gasteiger partial charge in [-0.25, -0.2) is 0 Å². The summed E-state index contributed by atoms with van der Waals surface area (Å²) >= 11 is 0. The molecule has 1 fully saturated rings. The molecule has 1 aliphatic heterocycles. The van der Waals surface area contributed by atoms with Crippen LogP contribution >= 0.6 is 8.15 Å². The highest BCUT2D eigenvalue weighted by Crippen LogP contribution is 2.71. The molecule has 0 N–H and O–H groups in total. The van der Waals surface area contributed by atoms with E-state index in [-0.39, 0.29) is 0 Å². The van der Waals surface area contributed by atoms with Crippen molar-refractivity contribution in [2.75, 3.05) is 0 Å². The topological polar surface area (TPSA) is 9.23 Å². The maximum Gasteiger partial charge on any atom is 0.0562 e. The Morgan fingerprint density at radius 2 is 1.24 bits per heavy atom. The van der Waals surface area contributed by atoms with E-state index in [1.165, 1.54) is 24.0 Å². The fraction of sp³-hybridized carbons (Fsp3) is 0.368. The Bertz CT molecular complexity index is 505. The van der Waals surface area contributed by atoms with Crippen LogP contribution in [-0.4, -0.2) is 6.10 Å². The van der Waals surface area contributed by atoms with Crippen LogP contribution in [0.2, 0.25) is 0 Å². The number of benzene rings is 2. The predicted molar refractivity (Wildman–Crippen MR) is 90.7 cm³/mol. The van der Waals surface area contributed by atoms with Crippen molar-refractivity contribution in [1.29, 1.82) is 0 Å². The van der Waals surface area contributed by atoms with Crippen LogP contribution in [0.5, 0.6) is 0 Å². The van der Waals surface area contributed by atoms with E-state index in [0.29, 0.717) is 17.4 Å². The average molecular weight is 298 g/mol. The molecule has 21 heavy (non-hydrogen) atoms. The highest BCUT2D eigenvalue weighted by atomic mass is 31.1. The molecule has 0 saturated carbocycles. The Kier molecular flexibility index (Phi) is 4.73. The standard InChI is InChI=1S/C19H23OP/c1-15(2)20-21-18(16-9-5-3-6-10-16)13-14-19(21)17-11-7-4-8-12-17/h3-12,15,18-19H,13-14H2,1-2H3/t18-,19-/m0/s1. The zero-order valence-electron chi connectivity index (χ0n) is 12.8. The third-order valence-electron chi connectivity index (χ3n) is 4.03. The largest absolute Gasteiger partial charge is 0.355 e. The van der Waals surface area contributed by atoms with Gasteiger partial charge in [0.15, 0.2) is 0 Å². The van der Waals surface area contributed by atoms with Crippen molar-refractivity contribution in [3.8, 4) is 0 Å². The molecule has 0 bridgehead atoms. The molecule has 110 valence electrons. The van der Waals surface area contributed by atoms with Gasteiger partial charge in [0.2, 0.25) is 0 Å². The Morgan fingerprint density at radius 1 is 0.810 bits per heavy atom. The van der Waals surface area contributed by atoms with Crippen molar-refractivity contribution in [3.63, 3.8) is 0 Å². The molecule has 1 aliphatic rings. The summed E-state index contributed by atoms with van der Waals surface area (Å²) in [5, 5.41) is 0. The molecule has 0 unspecified atom stereocenters. The zero-order chi connectivity index (χ0) is 14.7. The fourth-order valence-corrected chi connectivity index (χ4v) is 6.11. The van der Waals surface area contributed by atoms with Gasteiger partial charge in [-0.3, -0.25) is 0 Å². The van der Waals surface area contributed by atoms with Crippen LogP contribution in [0.3, 0.4) is 0 Å². The Labute approximate surface area is 129 Å². The SMILES string of the molecule is CC(C)OP1[C@H](c2ccccc2)CC[C@H]1c1ccccc1. The van der Waals surface area contributed by atoms with E-state index >= 15 is 0 Å². The van der Waals surface area contributed by atoms with Crippen LogP contribution in [0, 0.1) is 0 Å². The first-order valence-corrected chi connectivity index (χ1v) is 9.20. The maximum absolute atomic E-state index is 6.41. The van der Waals surface area contributed by atoms with E-state index in [1.54, 1.807) is 0 Å². The smallest absolute Gasteiger partial charge is 0.0562 e. The molecule has 3 rings (SSSR count). The first-order chi connectivity index (χ1) is 10.3. The summed E-state index contributed by atoms with van der Waals surface area (Å²) in [4.78, 5) is 0. The van der Waals surface area contributed by atoms with Crippen LogP contribution < -0.4 is 0 Å². The van der Waals surface area contributed by atoms with Crippen molar-refractivity contribution in [2.45, 2.75) is 44.1 Å². The van der Waals surface area contributed by atoms with Gasteiger partial charge in [0.25, 0.3) is 0 Å². The van der Waals surface area contributed by atoms with Crippen molar-refractivity contribution < 1.29 is 4.52 Å². The highest BCUT2D eigenvalue weighted by molar-refractivity contribution is 7.53. The lowest BCUT2D eigenvalue weighted by Gasteiger charge is -2.27. The first kappa shape index (κ1) is 14.8. The summed E-state index contributed by atoms with van der Waals surface area (Å²) in [7, 11) is -0.464. The highest BCUT2D eigenvalue weighted by Gasteiger charge is 2.39. The molecule has 2 heteroatoms. The first-order valence-electron chi connectivity index (χ1n) is 7.80. The third kappa shape index (κ3) is 3.36. The van der Waals surface area contributed by atoms with Gasteiger partial charge < -0.3 is 4.52 Å². The predicted octanol–water partition coefficient (Wildman–Crippen LogP) is 6.08. The molecular weight excluding hydrogens is 275 g/mol. The van der Waals surface area contributed by atoms with E-state index in [9.17, 15) is 0 Å². The van der Waals surface area contributed by atoms with Gasteiger partial charge in [-0.15, -0.1) is 0 Å². The molecule has 0 amide bonds. The Hall–Kier alpha value is -1.17. The molecule has 2 aromatic rings. The normalized spacial score (nSPS) is 22.8. The average Bonchev–Trinajstić information content (AvgIpc) is 2.92. The van der Waals surface area contributed by atoms with Crippen LogP contribution in [-0.2, 0) is 4.52 Å². The molecule has 2 aromatic carbocycles. The molecule has 0 aliphatic carbocycles. The van der Waals surface area contributed by atoms with E-state index in [4.69, 9.17) is 4.52 Å². The molecular formula is C19H23OP. The van der Waals surface area contributed by atoms with Crippen LogP contribution in [0.15, 0.2) is 60.7 Å². The van der Waals surface area contributed by atoms with Crippen LogP contribution in [0.4, 0.5) is 0 Å². The van der Waals surface area contributed by atoms with Crippen molar-refractivity contribution in [2.24, 2.45) is 0 Å². The van der Waals surface area contributed by atoms with E-state index in [1.807, 2.05) is 0 Å². The van der Waals surface area contributed by atoms with Gasteiger partial charge in [-0.05, 0) is 37.8 Å². The third-order valence-corrected chi connectivity index (χ3v) is 7.04. The summed E-state index contributed by atoms with van der Waals surface area (Å²) in [6.45, 7) is 4.32. The van der Waals surface area contributed by atoms with Gasteiger partial charge in [-0.2, -0.15) is 0 Å². The summed E-state index contributed by atoms with van der Waals surface area (Å²) in [5.41, 5.74) is 4.05.